The molecule has 21 heavy (non-hydrogen) atoms. The molecule has 0 aliphatic rings. The Hall–Kier alpha value is -2.54. The van der Waals surface area contributed by atoms with Crippen molar-refractivity contribution in [1.82, 2.24) is 10.2 Å². The molecule has 1 amide bonds. The van der Waals surface area contributed by atoms with Crippen molar-refractivity contribution in [3.05, 3.63) is 47.9 Å². The van der Waals surface area contributed by atoms with Gasteiger partial charge in [0.2, 0.25) is 0 Å². The summed E-state index contributed by atoms with van der Waals surface area (Å²) in [7, 11) is 1.60. The van der Waals surface area contributed by atoms with Gasteiger partial charge in [0.05, 0.1) is 6.61 Å². The molecule has 0 atom stereocenters. The first-order chi connectivity index (χ1) is 10.2. The summed E-state index contributed by atoms with van der Waals surface area (Å²) in [5.41, 5.74) is 0.514. The largest absolute Gasteiger partial charge is 0.383 e. The molecule has 0 aliphatic heterocycles. The Morgan fingerprint density at radius 3 is 2.81 bits per heavy atom. The van der Waals surface area contributed by atoms with Crippen LogP contribution in [0.3, 0.4) is 0 Å². The quantitative estimate of drug-likeness (QED) is 0.795. The van der Waals surface area contributed by atoms with Crippen molar-refractivity contribution in [1.29, 1.82) is 0 Å². The predicted molar refractivity (Wildman–Crippen MR) is 76.8 cm³/mol. The molecule has 7 heteroatoms. The minimum atomic E-state index is -0.448. The average Bonchev–Trinajstić information content (AvgIpc) is 2.48. The zero-order valence-corrected chi connectivity index (χ0v) is 11.5. The summed E-state index contributed by atoms with van der Waals surface area (Å²) in [4.78, 5) is 11.9. The van der Waals surface area contributed by atoms with Crippen molar-refractivity contribution < 1.29 is 13.9 Å². The molecule has 2 aromatic rings. The van der Waals surface area contributed by atoms with Gasteiger partial charge in [-0.2, -0.15) is 0 Å². The van der Waals surface area contributed by atoms with Crippen LogP contribution in [0.5, 0.6) is 0 Å². The van der Waals surface area contributed by atoms with Crippen LogP contribution in [0.4, 0.5) is 15.9 Å². The van der Waals surface area contributed by atoms with Crippen molar-refractivity contribution in [2.75, 3.05) is 30.9 Å². The first-order valence-corrected chi connectivity index (χ1v) is 6.32. The van der Waals surface area contributed by atoms with Crippen LogP contribution in [0.1, 0.15) is 10.5 Å². The normalized spacial score (nSPS) is 10.2. The summed E-state index contributed by atoms with van der Waals surface area (Å²) >= 11 is 0. The number of methoxy groups -OCH3 is 1. The highest BCUT2D eigenvalue weighted by atomic mass is 19.1. The van der Waals surface area contributed by atoms with Crippen molar-refractivity contribution >= 4 is 17.4 Å². The molecule has 1 aromatic heterocycles. The standard InChI is InChI=1S/C14H15FN4O2/c1-21-8-7-16-13-6-5-12(18-19-13)14(20)17-11-4-2-3-10(15)9-11/h2-6,9H,7-8H2,1H3,(H,16,19)(H,17,20). The number of carbonyl (C=O) groups is 1. The van der Waals surface area contributed by atoms with Gasteiger partial charge in [0.1, 0.15) is 11.6 Å². The Balaban J connectivity index is 1.96. The third-order valence-electron chi connectivity index (χ3n) is 2.59. The van der Waals surface area contributed by atoms with E-state index in [-0.39, 0.29) is 5.69 Å². The van der Waals surface area contributed by atoms with Crippen LogP contribution in [0.2, 0.25) is 0 Å². The molecule has 6 nitrogen and oxygen atoms in total. The molecule has 0 bridgehead atoms. The molecule has 0 saturated carbocycles. The number of halogens is 1. The van der Waals surface area contributed by atoms with Crippen molar-refractivity contribution in [2.24, 2.45) is 0 Å². The number of hydrogen-bond acceptors (Lipinski definition) is 5. The van der Waals surface area contributed by atoms with E-state index < -0.39 is 11.7 Å². The van der Waals surface area contributed by atoms with E-state index in [0.29, 0.717) is 24.7 Å². The maximum absolute atomic E-state index is 13.0. The SMILES string of the molecule is COCCNc1ccc(C(=O)Nc2cccc(F)c2)nn1. The van der Waals surface area contributed by atoms with Crippen LogP contribution in [0.15, 0.2) is 36.4 Å². The Kier molecular flexibility index (Phi) is 5.16. The smallest absolute Gasteiger partial charge is 0.276 e. The van der Waals surface area contributed by atoms with E-state index in [1.54, 1.807) is 19.2 Å². The summed E-state index contributed by atoms with van der Waals surface area (Å²) in [5.74, 6) is -0.317. The summed E-state index contributed by atoms with van der Waals surface area (Å²) in [6.07, 6.45) is 0. The molecule has 0 saturated heterocycles. The molecule has 1 aromatic carbocycles. The zero-order chi connectivity index (χ0) is 15.1. The lowest BCUT2D eigenvalue weighted by Gasteiger charge is -2.06. The molecular weight excluding hydrogens is 275 g/mol. The van der Waals surface area contributed by atoms with Crippen LogP contribution in [0.25, 0.3) is 0 Å². The molecular formula is C14H15FN4O2. The molecule has 0 radical (unpaired) electrons. The average molecular weight is 290 g/mol. The highest BCUT2D eigenvalue weighted by molar-refractivity contribution is 6.02. The topological polar surface area (TPSA) is 76.1 Å². The lowest BCUT2D eigenvalue weighted by molar-refractivity contribution is 0.102. The second-order valence-electron chi connectivity index (χ2n) is 4.19. The van der Waals surface area contributed by atoms with E-state index >= 15 is 0 Å². The minimum Gasteiger partial charge on any atom is -0.383 e. The van der Waals surface area contributed by atoms with Crippen LogP contribution in [0, 0.1) is 5.82 Å². The van der Waals surface area contributed by atoms with E-state index in [1.165, 1.54) is 24.3 Å². The van der Waals surface area contributed by atoms with E-state index in [1.807, 2.05) is 0 Å². The van der Waals surface area contributed by atoms with Gasteiger partial charge in [-0.15, -0.1) is 10.2 Å². The molecule has 0 fully saturated rings. The predicted octanol–water partition coefficient (Wildman–Crippen LogP) is 1.93. The van der Waals surface area contributed by atoms with Gasteiger partial charge in [-0.05, 0) is 30.3 Å². The van der Waals surface area contributed by atoms with Crippen LogP contribution in [-0.2, 0) is 4.74 Å². The molecule has 2 rings (SSSR count). The van der Waals surface area contributed by atoms with Crippen LogP contribution >= 0.6 is 0 Å². The van der Waals surface area contributed by atoms with Crippen LogP contribution < -0.4 is 10.6 Å². The summed E-state index contributed by atoms with van der Waals surface area (Å²) in [6, 6.07) is 8.82. The maximum atomic E-state index is 13.0. The van der Waals surface area contributed by atoms with E-state index in [9.17, 15) is 9.18 Å². The molecule has 2 N–H and O–H groups in total. The van der Waals surface area contributed by atoms with Crippen molar-refractivity contribution in [3.63, 3.8) is 0 Å². The van der Waals surface area contributed by atoms with Gasteiger partial charge in [0, 0.05) is 19.3 Å². The first-order valence-electron chi connectivity index (χ1n) is 6.32. The summed E-state index contributed by atoms with van der Waals surface area (Å²) in [6.45, 7) is 1.14. The fraction of sp³-hybridized carbons (Fsp3) is 0.214. The highest BCUT2D eigenvalue weighted by Crippen LogP contribution is 2.10. The Labute approximate surface area is 121 Å². The second-order valence-corrected chi connectivity index (χ2v) is 4.19. The second kappa shape index (κ2) is 7.30. The number of anilines is 2. The summed E-state index contributed by atoms with van der Waals surface area (Å²) in [5, 5.41) is 13.2. The van der Waals surface area contributed by atoms with Gasteiger partial charge in [-0.25, -0.2) is 4.39 Å². The lowest BCUT2D eigenvalue weighted by atomic mass is 10.3. The number of benzene rings is 1. The summed E-state index contributed by atoms with van der Waals surface area (Å²) < 4.78 is 17.9. The maximum Gasteiger partial charge on any atom is 0.276 e. The van der Waals surface area contributed by atoms with Gasteiger partial charge >= 0.3 is 0 Å². The lowest BCUT2D eigenvalue weighted by Crippen LogP contribution is -2.15. The third-order valence-corrected chi connectivity index (χ3v) is 2.59. The Morgan fingerprint density at radius 2 is 2.14 bits per heavy atom. The van der Waals surface area contributed by atoms with Gasteiger partial charge in [-0.1, -0.05) is 6.07 Å². The molecule has 110 valence electrons. The van der Waals surface area contributed by atoms with Crippen molar-refractivity contribution in [2.45, 2.75) is 0 Å². The zero-order valence-electron chi connectivity index (χ0n) is 11.5. The van der Waals surface area contributed by atoms with E-state index in [2.05, 4.69) is 20.8 Å². The molecule has 0 aliphatic carbocycles. The first kappa shape index (κ1) is 14.9. The highest BCUT2D eigenvalue weighted by Gasteiger charge is 2.09. The van der Waals surface area contributed by atoms with Gasteiger partial charge in [-0.3, -0.25) is 4.79 Å². The molecule has 0 unspecified atom stereocenters. The number of carbonyl (C=O) groups excluding carboxylic acids is 1. The van der Waals surface area contributed by atoms with Gasteiger partial charge < -0.3 is 15.4 Å². The fourth-order valence-corrected chi connectivity index (χ4v) is 1.59. The number of amides is 1. The monoisotopic (exact) mass is 290 g/mol. The third kappa shape index (κ3) is 4.50. The number of hydrogen-bond donors (Lipinski definition) is 2. The van der Waals surface area contributed by atoms with Gasteiger partial charge in [0.15, 0.2) is 5.69 Å². The number of aromatic nitrogens is 2. The van der Waals surface area contributed by atoms with E-state index in [0.717, 1.165) is 0 Å². The Morgan fingerprint density at radius 1 is 1.29 bits per heavy atom. The van der Waals surface area contributed by atoms with Crippen LogP contribution in [-0.4, -0.2) is 36.4 Å². The number of nitrogens with zero attached hydrogens (tertiary/aromatic N) is 2. The van der Waals surface area contributed by atoms with E-state index in [4.69, 9.17) is 4.74 Å². The number of nitrogens with one attached hydrogen (secondary N) is 2. The van der Waals surface area contributed by atoms with Crippen molar-refractivity contribution in [3.8, 4) is 0 Å². The number of ether oxygens (including phenoxy) is 1. The number of rotatable bonds is 6. The molecule has 1 heterocycles. The fourth-order valence-electron chi connectivity index (χ4n) is 1.59. The minimum absolute atomic E-state index is 0.150. The van der Waals surface area contributed by atoms with Gasteiger partial charge in [0.25, 0.3) is 5.91 Å². The molecule has 0 spiro atoms. The Bertz CT molecular complexity index is 604.